The van der Waals surface area contributed by atoms with E-state index >= 15 is 0 Å². The number of hydrogen-bond donors (Lipinski definition) is 1. The zero-order valence-corrected chi connectivity index (χ0v) is 9.37. The van der Waals surface area contributed by atoms with Crippen LogP contribution in [0.4, 0.5) is 17.3 Å². The minimum absolute atomic E-state index is 0.0861. The Morgan fingerprint density at radius 1 is 1.65 bits per heavy atom. The molecule has 0 spiro atoms. The molecule has 8 heteroatoms. The van der Waals surface area contributed by atoms with E-state index in [9.17, 15) is 10.1 Å². The second kappa shape index (κ2) is 4.50. The van der Waals surface area contributed by atoms with Gasteiger partial charge in [0, 0.05) is 13.7 Å². The number of ether oxygens (including phenoxy) is 1. The standard InChI is InChI=1S/C9H13N5O3/c1-13(6-2-3-17-4-6)9-7(14(15)16)8(10)11-5-12-9/h5-6H,2-4H2,1H3,(H2,10,11,12). The van der Waals surface area contributed by atoms with Crippen LogP contribution in [-0.4, -0.2) is 41.2 Å². The summed E-state index contributed by atoms with van der Waals surface area (Å²) in [5.74, 6) is 0.115. The van der Waals surface area contributed by atoms with Crippen LogP contribution < -0.4 is 10.6 Å². The van der Waals surface area contributed by atoms with Gasteiger partial charge in [-0.25, -0.2) is 9.97 Å². The topological polar surface area (TPSA) is 107 Å². The third-order valence-corrected chi connectivity index (χ3v) is 2.80. The van der Waals surface area contributed by atoms with E-state index in [1.54, 1.807) is 11.9 Å². The Hall–Kier alpha value is -1.96. The van der Waals surface area contributed by atoms with Gasteiger partial charge in [0.2, 0.25) is 11.6 Å². The van der Waals surface area contributed by atoms with Crippen molar-refractivity contribution in [1.82, 2.24) is 9.97 Å². The molecular weight excluding hydrogens is 226 g/mol. The summed E-state index contributed by atoms with van der Waals surface area (Å²) in [6.07, 6.45) is 2.04. The molecule has 1 aromatic heterocycles. The molecule has 17 heavy (non-hydrogen) atoms. The molecule has 1 fully saturated rings. The summed E-state index contributed by atoms with van der Waals surface area (Å²) in [5.41, 5.74) is 5.26. The molecule has 0 aliphatic carbocycles. The Morgan fingerprint density at radius 3 is 3.00 bits per heavy atom. The van der Waals surface area contributed by atoms with Crippen molar-refractivity contribution in [3.8, 4) is 0 Å². The van der Waals surface area contributed by atoms with E-state index in [1.807, 2.05) is 0 Å². The largest absolute Gasteiger partial charge is 0.379 e. The van der Waals surface area contributed by atoms with Gasteiger partial charge in [-0.2, -0.15) is 0 Å². The molecule has 8 nitrogen and oxygen atoms in total. The number of anilines is 2. The number of likely N-dealkylation sites (N-methyl/N-ethyl adjacent to an activating group) is 1. The monoisotopic (exact) mass is 239 g/mol. The normalized spacial score (nSPS) is 19.2. The van der Waals surface area contributed by atoms with E-state index < -0.39 is 4.92 Å². The molecule has 1 atom stereocenters. The van der Waals surface area contributed by atoms with E-state index in [0.717, 1.165) is 6.42 Å². The first-order valence-corrected chi connectivity index (χ1v) is 5.16. The van der Waals surface area contributed by atoms with Crippen molar-refractivity contribution in [2.24, 2.45) is 0 Å². The Morgan fingerprint density at radius 2 is 2.41 bits per heavy atom. The van der Waals surface area contributed by atoms with Crippen molar-refractivity contribution < 1.29 is 9.66 Å². The fourth-order valence-corrected chi connectivity index (χ4v) is 1.82. The van der Waals surface area contributed by atoms with Crippen molar-refractivity contribution in [3.05, 3.63) is 16.4 Å². The van der Waals surface area contributed by atoms with Gasteiger partial charge in [-0.3, -0.25) is 10.1 Å². The number of nitro groups is 1. The van der Waals surface area contributed by atoms with Crippen LogP contribution in [0.2, 0.25) is 0 Å². The van der Waals surface area contributed by atoms with E-state index in [1.165, 1.54) is 6.33 Å². The molecule has 92 valence electrons. The lowest BCUT2D eigenvalue weighted by atomic mass is 10.2. The quantitative estimate of drug-likeness (QED) is 0.592. The van der Waals surface area contributed by atoms with Crippen LogP contribution >= 0.6 is 0 Å². The minimum atomic E-state index is -0.559. The lowest BCUT2D eigenvalue weighted by Crippen LogP contribution is -2.33. The van der Waals surface area contributed by atoms with Gasteiger partial charge in [0.15, 0.2) is 0 Å². The lowest BCUT2D eigenvalue weighted by molar-refractivity contribution is -0.383. The number of nitrogen functional groups attached to an aromatic ring is 1. The molecule has 0 saturated carbocycles. The van der Waals surface area contributed by atoms with Crippen LogP contribution in [0.3, 0.4) is 0 Å². The number of aromatic nitrogens is 2. The van der Waals surface area contributed by atoms with Crippen LogP contribution in [0.25, 0.3) is 0 Å². The highest BCUT2D eigenvalue weighted by Crippen LogP contribution is 2.31. The third-order valence-electron chi connectivity index (χ3n) is 2.80. The Labute approximate surface area is 97.6 Å². The average molecular weight is 239 g/mol. The summed E-state index contributed by atoms with van der Waals surface area (Å²) < 4.78 is 5.24. The minimum Gasteiger partial charge on any atom is -0.379 e. The summed E-state index contributed by atoms with van der Waals surface area (Å²) in [6, 6.07) is 0.0861. The number of nitrogens with two attached hydrogens (primary N) is 1. The summed E-state index contributed by atoms with van der Waals surface area (Å²) in [4.78, 5) is 19.7. The maximum Gasteiger partial charge on any atom is 0.353 e. The molecule has 1 aromatic rings. The van der Waals surface area contributed by atoms with E-state index in [-0.39, 0.29) is 23.4 Å². The van der Waals surface area contributed by atoms with Crippen LogP contribution in [0.5, 0.6) is 0 Å². The first-order chi connectivity index (χ1) is 8.11. The van der Waals surface area contributed by atoms with Crippen molar-refractivity contribution in [2.75, 3.05) is 30.9 Å². The van der Waals surface area contributed by atoms with Crippen molar-refractivity contribution in [1.29, 1.82) is 0 Å². The van der Waals surface area contributed by atoms with Crippen molar-refractivity contribution >= 4 is 17.3 Å². The zero-order valence-electron chi connectivity index (χ0n) is 9.37. The second-order valence-corrected chi connectivity index (χ2v) is 3.82. The molecule has 2 heterocycles. The number of hydrogen-bond acceptors (Lipinski definition) is 7. The second-order valence-electron chi connectivity index (χ2n) is 3.82. The predicted octanol–water partition coefficient (Wildman–Crippen LogP) is 0.192. The molecule has 1 unspecified atom stereocenters. The van der Waals surface area contributed by atoms with E-state index in [4.69, 9.17) is 10.5 Å². The summed E-state index contributed by atoms with van der Waals surface area (Å²) >= 11 is 0. The molecular formula is C9H13N5O3. The predicted molar refractivity (Wildman–Crippen MR) is 60.7 cm³/mol. The Kier molecular flexibility index (Phi) is 3.05. The molecule has 0 bridgehead atoms. The van der Waals surface area contributed by atoms with Crippen molar-refractivity contribution in [3.63, 3.8) is 0 Å². The fraction of sp³-hybridized carbons (Fsp3) is 0.556. The fourth-order valence-electron chi connectivity index (χ4n) is 1.82. The van der Waals surface area contributed by atoms with Gasteiger partial charge >= 0.3 is 5.69 Å². The third kappa shape index (κ3) is 2.11. The van der Waals surface area contributed by atoms with E-state index in [2.05, 4.69) is 9.97 Å². The number of nitrogens with zero attached hydrogens (tertiary/aromatic N) is 4. The molecule has 2 rings (SSSR count). The molecule has 0 amide bonds. The van der Waals surface area contributed by atoms with Crippen LogP contribution in [0, 0.1) is 10.1 Å². The molecule has 0 aromatic carbocycles. The smallest absolute Gasteiger partial charge is 0.353 e. The summed E-state index contributed by atoms with van der Waals surface area (Å²) in [6.45, 7) is 1.20. The average Bonchev–Trinajstić information content (AvgIpc) is 2.80. The SMILES string of the molecule is CN(c1ncnc(N)c1[N+](=O)[O-])C1CCOC1. The van der Waals surface area contributed by atoms with Gasteiger partial charge < -0.3 is 15.4 Å². The van der Waals surface area contributed by atoms with Crippen LogP contribution in [0.1, 0.15) is 6.42 Å². The van der Waals surface area contributed by atoms with E-state index in [0.29, 0.717) is 13.2 Å². The molecule has 0 radical (unpaired) electrons. The first-order valence-electron chi connectivity index (χ1n) is 5.16. The number of rotatable bonds is 3. The lowest BCUT2D eigenvalue weighted by Gasteiger charge is -2.23. The molecule has 1 aliphatic rings. The zero-order chi connectivity index (χ0) is 12.4. The molecule has 2 N–H and O–H groups in total. The Balaban J connectivity index is 2.36. The highest BCUT2D eigenvalue weighted by molar-refractivity contribution is 5.68. The van der Waals surface area contributed by atoms with Crippen molar-refractivity contribution in [2.45, 2.75) is 12.5 Å². The molecule has 1 saturated heterocycles. The summed E-state index contributed by atoms with van der Waals surface area (Å²) in [5, 5.41) is 10.9. The maximum atomic E-state index is 10.9. The highest BCUT2D eigenvalue weighted by atomic mass is 16.6. The van der Waals surface area contributed by atoms with Gasteiger partial charge in [0.1, 0.15) is 6.33 Å². The van der Waals surface area contributed by atoms with Gasteiger partial charge in [-0.15, -0.1) is 0 Å². The van der Waals surface area contributed by atoms with Crippen LogP contribution in [-0.2, 0) is 4.74 Å². The Bertz CT molecular complexity index is 433. The maximum absolute atomic E-state index is 10.9. The molecule has 1 aliphatic heterocycles. The summed E-state index contributed by atoms with van der Waals surface area (Å²) in [7, 11) is 1.74. The highest BCUT2D eigenvalue weighted by Gasteiger charge is 2.29. The van der Waals surface area contributed by atoms with Crippen LogP contribution in [0.15, 0.2) is 6.33 Å². The van der Waals surface area contributed by atoms with Gasteiger partial charge in [-0.05, 0) is 6.42 Å². The van der Waals surface area contributed by atoms with Gasteiger partial charge in [-0.1, -0.05) is 0 Å². The first kappa shape index (κ1) is 11.5. The van der Waals surface area contributed by atoms with Gasteiger partial charge in [0.25, 0.3) is 0 Å². The van der Waals surface area contributed by atoms with Gasteiger partial charge in [0.05, 0.1) is 17.6 Å².